The molecule has 1 atom stereocenters. The molecule has 1 aromatic carbocycles. The molecule has 1 fully saturated rings. The highest BCUT2D eigenvalue weighted by molar-refractivity contribution is 5.46. The molecule has 5 nitrogen and oxygen atoms in total. The second-order valence-electron chi connectivity index (χ2n) is 5.53. The van der Waals surface area contributed by atoms with Crippen LogP contribution in [0.1, 0.15) is 23.7 Å². The number of hydrogen-bond donors (Lipinski definition) is 1. The van der Waals surface area contributed by atoms with Gasteiger partial charge in [0.15, 0.2) is 0 Å². The number of nitrogen functional groups attached to an aromatic ring is 1. The number of aryl methyl sites for hydroxylation is 1. The highest BCUT2D eigenvalue weighted by atomic mass is 19.1. The van der Waals surface area contributed by atoms with Gasteiger partial charge in [0.05, 0.1) is 12.6 Å². The number of benzene rings is 1. The Morgan fingerprint density at radius 3 is 2.87 bits per heavy atom. The van der Waals surface area contributed by atoms with Crippen LogP contribution >= 0.6 is 0 Å². The van der Waals surface area contributed by atoms with Gasteiger partial charge < -0.3 is 15.4 Å². The second kappa shape index (κ2) is 6.45. The predicted molar refractivity (Wildman–Crippen MR) is 83.1 cm³/mol. The number of halogens is 2. The molecular weight excluding hydrogens is 302 g/mol. The van der Waals surface area contributed by atoms with Crippen LogP contribution in [0, 0.1) is 18.6 Å². The Morgan fingerprint density at radius 2 is 2.09 bits per heavy atom. The molecule has 122 valence electrons. The van der Waals surface area contributed by atoms with Gasteiger partial charge in [-0.15, -0.1) is 0 Å². The van der Waals surface area contributed by atoms with E-state index in [1.165, 1.54) is 6.07 Å². The van der Waals surface area contributed by atoms with Gasteiger partial charge in [-0.3, -0.25) is 0 Å². The molecule has 1 unspecified atom stereocenters. The number of anilines is 2. The lowest BCUT2D eigenvalue weighted by molar-refractivity contribution is 0.133. The summed E-state index contributed by atoms with van der Waals surface area (Å²) in [7, 11) is 0. The average molecular weight is 320 g/mol. The largest absolute Gasteiger partial charge is 0.379 e. The highest BCUT2D eigenvalue weighted by Gasteiger charge is 2.27. The van der Waals surface area contributed by atoms with E-state index in [2.05, 4.69) is 9.97 Å². The highest BCUT2D eigenvalue weighted by Crippen LogP contribution is 2.31. The minimum absolute atomic E-state index is 0.156. The third-order valence-corrected chi connectivity index (χ3v) is 3.81. The molecule has 2 heterocycles. The number of rotatable bonds is 2. The molecule has 1 saturated heterocycles. The fourth-order valence-corrected chi connectivity index (χ4v) is 2.80. The van der Waals surface area contributed by atoms with Crippen LogP contribution in [-0.4, -0.2) is 29.7 Å². The van der Waals surface area contributed by atoms with E-state index >= 15 is 0 Å². The Bertz CT molecular complexity index is 690. The third kappa shape index (κ3) is 3.39. The predicted octanol–water partition coefficient (Wildman–Crippen LogP) is 2.61. The van der Waals surface area contributed by atoms with Crippen molar-refractivity contribution in [3.63, 3.8) is 0 Å². The summed E-state index contributed by atoms with van der Waals surface area (Å²) < 4.78 is 33.4. The van der Waals surface area contributed by atoms with Gasteiger partial charge in [-0.1, -0.05) is 0 Å². The van der Waals surface area contributed by atoms with E-state index < -0.39 is 17.7 Å². The average Bonchev–Trinajstić information content (AvgIpc) is 2.74. The summed E-state index contributed by atoms with van der Waals surface area (Å²) in [6, 6.07) is 4.76. The van der Waals surface area contributed by atoms with E-state index in [0.717, 1.165) is 24.2 Å². The minimum atomic E-state index is -0.482. The first-order chi connectivity index (χ1) is 11.0. The summed E-state index contributed by atoms with van der Waals surface area (Å²) in [5, 5.41) is 0. The molecule has 3 rings (SSSR count). The van der Waals surface area contributed by atoms with E-state index in [1.54, 1.807) is 6.07 Å². The Labute approximate surface area is 133 Å². The van der Waals surface area contributed by atoms with Crippen molar-refractivity contribution in [2.45, 2.75) is 19.4 Å². The zero-order valence-electron chi connectivity index (χ0n) is 12.8. The van der Waals surface area contributed by atoms with Crippen LogP contribution in [0.15, 0.2) is 24.3 Å². The lowest BCUT2D eigenvalue weighted by Gasteiger charge is -2.31. The number of hydrogen-bond acceptors (Lipinski definition) is 5. The first kappa shape index (κ1) is 15.6. The Morgan fingerprint density at radius 1 is 1.26 bits per heavy atom. The van der Waals surface area contributed by atoms with Crippen LogP contribution < -0.4 is 10.6 Å². The van der Waals surface area contributed by atoms with Crippen LogP contribution in [0.4, 0.5) is 20.5 Å². The summed E-state index contributed by atoms with van der Waals surface area (Å²) in [5.74, 6) is -0.201. The normalized spacial score (nSPS) is 18.7. The zero-order chi connectivity index (χ0) is 16.4. The van der Waals surface area contributed by atoms with Crippen LogP contribution in [-0.2, 0) is 4.74 Å². The van der Waals surface area contributed by atoms with Gasteiger partial charge >= 0.3 is 0 Å². The number of nitrogens with two attached hydrogens (primary N) is 1. The Balaban J connectivity index is 2.05. The molecule has 1 aliphatic heterocycles. The van der Waals surface area contributed by atoms with E-state index in [0.29, 0.717) is 19.0 Å². The first-order valence-corrected chi connectivity index (χ1v) is 7.45. The molecule has 0 spiro atoms. The molecule has 2 aromatic rings. The quantitative estimate of drug-likeness (QED) is 0.921. The SMILES string of the molecule is Cc1cc(N2CCCOCC2c2cc(F)ccc2F)nc(N)n1. The lowest BCUT2D eigenvalue weighted by atomic mass is 10.0. The van der Waals surface area contributed by atoms with Crippen LogP contribution in [0.25, 0.3) is 0 Å². The van der Waals surface area contributed by atoms with Crippen molar-refractivity contribution >= 4 is 11.8 Å². The molecule has 23 heavy (non-hydrogen) atoms. The summed E-state index contributed by atoms with van der Waals surface area (Å²) >= 11 is 0. The summed E-state index contributed by atoms with van der Waals surface area (Å²) in [6.07, 6.45) is 0.760. The van der Waals surface area contributed by atoms with Crippen molar-refractivity contribution in [3.05, 3.63) is 47.2 Å². The first-order valence-electron chi connectivity index (χ1n) is 7.45. The lowest BCUT2D eigenvalue weighted by Crippen LogP contribution is -2.32. The van der Waals surface area contributed by atoms with Gasteiger partial charge in [0, 0.05) is 30.5 Å². The molecule has 0 saturated carbocycles. The molecule has 0 amide bonds. The van der Waals surface area contributed by atoms with E-state index in [-0.39, 0.29) is 18.1 Å². The third-order valence-electron chi connectivity index (χ3n) is 3.81. The van der Waals surface area contributed by atoms with Gasteiger partial charge in [0.1, 0.15) is 17.5 Å². The topological polar surface area (TPSA) is 64.3 Å². The molecule has 0 aliphatic carbocycles. The van der Waals surface area contributed by atoms with Gasteiger partial charge in [-0.25, -0.2) is 13.8 Å². The molecule has 0 bridgehead atoms. The Kier molecular flexibility index (Phi) is 4.38. The standard InChI is InChI=1S/C16H18F2N4O/c1-10-7-15(21-16(19)20-10)22-5-2-6-23-9-14(22)12-8-11(17)3-4-13(12)18/h3-4,7-8,14H,2,5-6,9H2,1H3,(H2,19,20,21). The molecule has 0 radical (unpaired) electrons. The molecule has 7 heteroatoms. The van der Waals surface area contributed by atoms with Crippen LogP contribution in [0.2, 0.25) is 0 Å². The maximum atomic E-state index is 14.2. The second-order valence-corrected chi connectivity index (χ2v) is 5.53. The number of ether oxygens (including phenoxy) is 1. The monoisotopic (exact) mass is 320 g/mol. The van der Waals surface area contributed by atoms with Crippen molar-refractivity contribution in [2.75, 3.05) is 30.4 Å². The van der Waals surface area contributed by atoms with Crippen molar-refractivity contribution < 1.29 is 13.5 Å². The van der Waals surface area contributed by atoms with Gasteiger partial charge in [-0.05, 0) is 31.5 Å². The van der Waals surface area contributed by atoms with Crippen LogP contribution in [0.5, 0.6) is 0 Å². The van der Waals surface area contributed by atoms with E-state index in [4.69, 9.17) is 10.5 Å². The van der Waals surface area contributed by atoms with E-state index in [9.17, 15) is 8.78 Å². The zero-order valence-corrected chi connectivity index (χ0v) is 12.8. The molecule has 1 aliphatic rings. The maximum absolute atomic E-state index is 14.2. The molecule has 2 N–H and O–H groups in total. The fourth-order valence-electron chi connectivity index (χ4n) is 2.80. The molecule has 1 aromatic heterocycles. The number of nitrogens with zero attached hydrogens (tertiary/aromatic N) is 3. The Hall–Kier alpha value is -2.28. The summed E-state index contributed by atoms with van der Waals surface area (Å²) in [4.78, 5) is 10.2. The van der Waals surface area contributed by atoms with Crippen molar-refractivity contribution in [2.24, 2.45) is 0 Å². The van der Waals surface area contributed by atoms with Crippen molar-refractivity contribution in [1.82, 2.24) is 9.97 Å². The van der Waals surface area contributed by atoms with E-state index in [1.807, 2.05) is 11.8 Å². The summed E-state index contributed by atoms with van der Waals surface area (Å²) in [5.41, 5.74) is 6.70. The molecular formula is C16H18F2N4O. The van der Waals surface area contributed by atoms with Gasteiger partial charge in [0.25, 0.3) is 0 Å². The summed E-state index contributed by atoms with van der Waals surface area (Å²) in [6.45, 7) is 3.23. The fraction of sp³-hybridized carbons (Fsp3) is 0.375. The van der Waals surface area contributed by atoms with Gasteiger partial charge in [-0.2, -0.15) is 4.98 Å². The van der Waals surface area contributed by atoms with Crippen LogP contribution in [0.3, 0.4) is 0 Å². The maximum Gasteiger partial charge on any atom is 0.222 e. The number of aromatic nitrogens is 2. The minimum Gasteiger partial charge on any atom is -0.379 e. The van der Waals surface area contributed by atoms with Gasteiger partial charge in [0.2, 0.25) is 5.95 Å². The van der Waals surface area contributed by atoms with Crippen molar-refractivity contribution in [3.8, 4) is 0 Å². The smallest absolute Gasteiger partial charge is 0.222 e. The van der Waals surface area contributed by atoms with Crippen molar-refractivity contribution in [1.29, 1.82) is 0 Å².